The average Bonchev–Trinajstić information content (AvgIpc) is 2.51. The maximum absolute atomic E-state index is 2.72. The van der Waals surface area contributed by atoms with Gasteiger partial charge in [0.05, 0.1) is 0 Å². The lowest BCUT2D eigenvalue weighted by molar-refractivity contribution is 0.151. The number of benzene rings is 1. The Balaban J connectivity index is 1.52. The number of hydrogen-bond acceptors (Lipinski definition) is 2. The van der Waals surface area contributed by atoms with E-state index in [4.69, 9.17) is 0 Å². The summed E-state index contributed by atoms with van der Waals surface area (Å²) >= 11 is 0. The summed E-state index contributed by atoms with van der Waals surface area (Å²) in [6, 6.07) is 9.73. The lowest BCUT2D eigenvalue weighted by Crippen LogP contribution is -2.45. The van der Waals surface area contributed by atoms with Crippen molar-refractivity contribution in [3.05, 3.63) is 29.8 Å². The molecule has 2 fully saturated rings. The van der Waals surface area contributed by atoms with Crippen LogP contribution in [0.15, 0.2) is 24.3 Å². The first kappa shape index (κ1) is 15.9. The molecule has 22 heavy (non-hydrogen) atoms. The predicted octanol–water partition coefficient (Wildman–Crippen LogP) is 4.33. The van der Waals surface area contributed by atoms with Crippen molar-refractivity contribution in [2.45, 2.75) is 52.5 Å². The molecule has 0 saturated carbocycles. The second-order valence-electron chi connectivity index (χ2n) is 7.75. The predicted molar refractivity (Wildman–Crippen MR) is 95.5 cm³/mol. The molecule has 0 radical (unpaired) electrons. The Kier molecular flexibility index (Phi) is 5.07. The van der Waals surface area contributed by atoms with Crippen molar-refractivity contribution in [2.75, 3.05) is 31.1 Å². The van der Waals surface area contributed by atoms with Crippen LogP contribution in [0.1, 0.15) is 45.1 Å². The van der Waals surface area contributed by atoms with Crippen LogP contribution >= 0.6 is 0 Å². The smallest absolute Gasteiger partial charge is 0.0368 e. The molecule has 2 atom stereocenters. The quantitative estimate of drug-likeness (QED) is 0.819. The minimum absolute atomic E-state index is 0.671. The minimum atomic E-state index is 0.671. The van der Waals surface area contributed by atoms with Crippen LogP contribution in [0.3, 0.4) is 0 Å². The van der Waals surface area contributed by atoms with Gasteiger partial charge in [0.1, 0.15) is 0 Å². The molecule has 2 unspecified atom stereocenters. The number of rotatable bonds is 3. The van der Waals surface area contributed by atoms with E-state index in [9.17, 15) is 0 Å². The topological polar surface area (TPSA) is 6.48 Å². The second kappa shape index (κ2) is 7.04. The lowest BCUT2D eigenvalue weighted by Gasteiger charge is -2.41. The van der Waals surface area contributed by atoms with Crippen molar-refractivity contribution >= 4 is 5.69 Å². The molecule has 0 aromatic heterocycles. The zero-order valence-corrected chi connectivity index (χ0v) is 14.6. The first-order valence-corrected chi connectivity index (χ1v) is 9.17. The number of likely N-dealkylation sites (tertiary alicyclic amines) is 1. The Morgan fingerprint density at radius 1 is 0.955 bits per heavy atom. The van der Waals surface area contributed by atoms with Crippen molar-refractivity contribution in [3.63, 3.8) is 0 Å². The van der Waals surface area contributed by atoms with Crippen LogP contribution < -0.4 is 4.90 Å². The largest absolute Gasteiger partial charge is 0.369 e. The normalized spacial score (nSPS) is 28.0. The van der Waals surface area contributed by atoms with E-state index >= 15 is 0 Å². The van der Waals surface area contributed by atoms with Crippen LogP contribution in [0.2, 0.25) is 0 Å². The number of anilines is 1. The van der Waals surface area contributed by atoms with E-state index in [1.54, 1.807) is 0 Å². The standard InChI is InChI=1S/C20H32N2/c1-16-4-6-20(7-5-16)22-13-10-19(14-18(22)3)15-21-11-8-17(2)9-12-21/h4-7,17-19H,8-15H2,1-3H3. The van der Waals surface area contributed by atoms with E-state index < -0.39 is 0 Å². The van der Waals surface area contributed by atoms with Gasteiger partial charge >= 0.3 is 0 Å². The van der Waals surface area contributed by atoms with Gasteiger partial charge in [-0.1, -0.05) is 24.6 Å². The monoisotopic (exact) mass is 300 g/mol. The summed E-state index contributed by atoms with van der Waals surface area (Å²) in [4.78, 5) is 5.33. The third-order valence-electron chi connectivity index (χ3n) is 5.74. The molecule has 0 N–H and O–H groups in total. The molecule has 2 heteroatoms. The van der Waals surface area contributed by atoms with Crippen LogP contribution in [0.25, 0.3) is 0 Å². The Morgan fingerprint density at radius 2 is 1.64 bits per heavy atom. The summed E-state index contributed by atoms with van der Waals surface area (Å²) < 4.78 is 0. The third-order valence-corrected chi connectivity index (χ3v) is 5.74. The van der Waals surface area contributed by atoms with Gasteiger partial charge in [0.2, 0.25) is 0 Å². The van der Waals surface area contributed by atoms with Crippen molar-refractivity contribution < 1.29 is 0 Å². The summed E-state index contributed by atoms with van der Waals surface area (Å²) in [7, 11) is 0. The lowest BCUT2D eigenvalue weighted by atomic mass is 9.89. The Bertz CT molecular complexity index is 459. The van der Waals surface area contributed by atoms with Crippen LogP contribution in [0.5, 0.6) is 0 Å². The summed E-state index contributed by atoms with van der Waals surface area (Å²) in [6.45, 7) is 12.2. The molecular formula is C20H32N2. The molecule has 3 rings (SSSR count). The van der Waals surface area contributed by atoms with Crippen molar-refractivity contribution in [3.8, 4) is 0 Å². The summed E-state index contributed by atoms with van der Waals surface area (Å²) in [5.41, 5.74) is 2.76. The van der Waals surface area contributed by atoms with E-state index in [1.165, 1.54) is 63.1 Å². The molecule has 2 aliphatic rings. The highest BCUT2D eigenvalue weighted by atomic mass is 15.2. The molecular weight excluding hydrogens is 268 g/mol. The van der Waals surface area contributed by atoms with Gasteiger partial charge in [-0.3, -0.25) is 0 Å². The average molecular weight is 300 g/mol. The van der Waals surface area contributed by atoms with Crippen LogP contribution in [-0.2, 0) is 0 Å². The van der Waals surface area contributed by atoms with Gasteiger partial charge in [0, 0.05) is 24.8 Å². The zero-order chi connectivity index (χ0) is 15.5. The number of piperidine rings is 2. The molecule has 1 aromatic rings. The van der Waals surface area contributed by atoms with E-state index in [0.29, 0.717) is 6.04 Å². The van der Waals surface area contributed by atoms with Gasteiger partial charge in [0.15, 0.2) is 0 Å². The van der Waals surface area contributed by atoms with Gasteiger partial charge in [-0.25, -0.2) is 0 Å². The van der Waals surface area contributed by atoms with Gasteiger partial charge in [-0.15, -0.1) is 0 Å². The molecule has 1 aromatic carbocycles. The van der Waals surface area contributed by atoms with Crippen LogP contribution in [0.4, 0.5) is 5.69 Å². The fraction of sp³-hybridized carbons (Fsp3) is 0.700. The first-order valence-electron chi connectivity index (χ1n) is 9.17. The van der Waals surface area contributed by atoms with Gasteiger partial charge in [0.25, 0.3) is 0 Å². The molecule has 2 aliphatic heterocycles. The van der Waals surface area contributed by atoms with Gasteiger partial charge in [-0.05, 0) is 76.6 Å². The molecule has 2 heterocycles. The molecule has 2 saturated heterocycles. The molecule has 2 nitrogen and oxygen atoms in total. The molecule has 0 bridgehead atoms. The highest BCUT2D eigenvalue weighted by Gasteiger charge is 2.27. The number of nitrogens with zero attached hydrogens (tertiary/aromatic N) is 2. The highest BCUT2D eigenvalue weighted by Crippen LogP contribution is 2.29. The van der Waals surface area contributed by atoms with Crippen molar-refractivity contribution in [1.29, 1.82) is 0 Å². The molecule has 122 valence electrons. The third kappa shape index (κ3) is 3.84. The molecule has 0 amide bonds. The summed E-state index contributed by atoms with van der Waals surface area (Å²) in [5.74, 6) is 1.84. The summed E-state index contributed by atoms with van der Waals surface area (Å²) in [5, 5.41) is 0. The SMILES string of the molecule is Cc1ccc(N2CCC(CN3CCC(C)CC3)CC2C)cc1. The van der Waals surface area contributed by atoms with E-state index in [1.807, 2.05) is 0 Å². The van der Waals surface area contributed by atoms with Gasteiger partial charge < -0.3 is 9.80 Å². The van der Waals surface area contributed by atoms with E-state index in [0.717, 1.165) is 11.8 Å². The minimum Gasteiger partial charge on any atom is -0.369 e. The fourth-order valence-electron chi connectivity index (χ4n) is 4.16. The Labute approximate surface area is 136 Å². The number of aryl methyl sites for hydroxylation is 1. The van der Waals surface area contributed by atoms with Crippen LogP contribution in [0, 0.1) is 18.8 Å². The van der Waals surface area contributed by atoms with E-state index in [2.05, 4.69) is 54.8 Å². The van der Waals surface area contributed by atoms with Crippen molar-refractivity contribution in [1.82, 2.24) is 4.90 Å². The highest BCUT2D eigenvalue weighted by molar-refractivity contribution is 5.48. The Hall–Kier alpha value is -1.02. The maximum atomic E-state index is 2.72. The molecule has 0 aliphatic carbocycles. The summed E-state index contributed by atoms with van der Waals surface area (Å²) in [6.07, 6.45) is 5.50. The van der Waals surface area contributed by atoms with Gasteiger partial charge in [-0.2, -0.15) is 0 Å². The molecule has 0 spiro atoms. The van der Waals surface area contributed by atoms with Crippen LogP contribution in [-0.4, -0.2) is 37.1 Å². The van der Waals surface area contributed by atoms with E-state index in [-0.39, 0.29) is 0 Å². The Morgan fingerprint density at radius 3 is 2.27 bits per heavy atom. The second-order valence-corrected chi connectivity index (χ2v) is 7.75. The van der Waals surface area contributed by atoms with Crippen molar-refractivity contribution in [2.24, 2.45) is 11.8 Å². The number of hydrogen-bond donors (Lipinski definition) is 0. The maximum Gasteiger partial charge on any atom is 0.0368 e. The first-order chi connectivity index (χ1) is 10.6. The fourth-order valence-corrected chi connectivity index (χ4v) is 4.16. The zero-order valence-electron chi connectivity index (χ0n) is 14.6.